The Morgan fingerprint density at radius 2 is 2.24 bits per heavy atom. The van der Waals surface area contributed by atoms with E-state index in [1.54, 1.807) is 13.2 Å². The molecule has 0 unspecified atom stereocenters. The molecule has 3 aromatic rings. The molecule has 0 saturated heterocycles. The number of H-pyrrole nitrogens is 2. The van der Waals surface area contributed by atoms with Gasteiger partial charge in [-0.15, -0.1) is 5.10 Å². The second kappa shape index (κ2) is 5.56. The van der Waals surface area contributed by atoms with Crippen LogP contribution >= 0.6 is 11.8 Å². The minimum absolute atomic E-state index is 0.265. The average Bonchev–Trinajstić information content (AvgIpc) is 3.07. The lowest BCUT2D eigenvalue weighted by atomic mass is 10.4. The molecule has 3 rings (SSSR count). The van der Waals surface area contributed by atoms with Gasteiger partial charge in [0, 0.05) is 13.6 Å². The normalized spacial score (nSPS) is 11.1. The van der Waals surface area contributed by atoms with Crippen LogP contribution in [0.5, 0.6) is 0 Å². The Hall–Kier alpha value is -2.36. The predicted molar refractivity (Wildman–Crippen MR) is 78.4 cm³/mol. The summed E-state index contributed by atoms with van der Waals surface area (Å²) in [6.45, 7) is 2.85. The van der Waals surface area contributed by atoms with E-state index < -0.39 is 0 Å². The molecule has 3 heterocycles. The average molecular weight is 306 g/mol. The molecule has 0 amide bonds. The van der Waals surface area contributed by atoms with Gasteiger partial charge < -0.3 is 5.32 Å². The van der Waals surface area contributed by atoms with Crippen molar-refractivity contribution in [3.8, 4) is 0 Å². The first-order chi connectivity index (χ1) is 10.2. The molecule has 3 N–H and O–H groups in total. The molecular weight excluding hydrogens is 292 g/mol. The van der Waals surface area contributed by atoms with Crippen molar-refractivity contribution in [2.75, 3.05) is 11.9 Å². The van der Waals surface area contributed by atoms with Gasteiger partial charge in [-0.2, -0.15) is 10.1 Å². The van der Waals surface area contributed by atoms with Crippen molar-refractivity contribution in [3.05, 3.63) is 16.7 Å². The summed E-state index contributed by atoms with van der Waals surface area (Å²) < 4.78 is 1.43. The summed E-state index contributed by atoms with van der Waals surface area (Å²) in [4.78, 5) is 20.2. The number of nitrogens with one attached hydrogen (secondary N) is 3. The highest BCUT2D eigenvalue weighted by molar-refractivity contribution is 7.99. The fraction of sp³-hybridized carbons (Fsp3) is 0.364. The van der Waals surface area contributed by atoms with Gasteiger partial charge in [0.1, 0.15) is 5.03 Å². The van der Waals surface area contributed by atoms with E-state index in [-0.39, 0.29) is 5.69 Å². The Labute approximate surface area is 123 Å². The van der Waals surface area contributed by atoms with Gasteiger partial charge in [0.25, 0.3) is 0 Å². The minimum atomic E-state index is -0.265. The van der Waals surface area contributed by atoms with Crippen LogP contribution in [0.25, 0.3) is 11.0 Å². The maximum atomic E-state index is 11.4. The van der Waals surface area contributed by atoms with Gasteiger partial charge in [0.15, 0.2) is 10.8 Å². The van der Waals surface area contributed by atoms with Gasteiger partial charge in [0.05, 0.1) is 11.6 Å². The summed E-state index contributed by atoms with van der Waals surface area (Å²) in [5, 5.41) is 18.3. The van der Waals surface area contributed by atoms with Crippen molar-refractivity contribution < 1.29 is 0 Å². The molecule has 0 aliphatic carbocycles. The highest BCUT2D eigenvalue weighted by atomic mass is 32.2. The minimum Gasteiger partial charge on any atom is -0.354 e. The van der Waals surface area contributed by atoms with Crippen molar-refractivity contribution in [2.45, 2.75) is 23.5 Å². The van der Waals surface area contributed by atoms with Gasteiger partial charge in [-0.1, -0.05) is 6.92 Å². The Balaban J connectivity index is 2.01. The molecule has 3 aromatic heterocycles. The fourth-order valence-electron chi connectivity index (χ4n) is 1.71. The van der Waals surface area contributed by atoms with Gasteiger partial charge in [0.2, 0.25) is 5.95 Å². The Morgan fingerprint density at radius 3 is 2.95 bits per heavy atom. The van der Waals surface area contributed by atoms with E-state index in [0.29, 0.717) is 21.8 Å². The molecule has 0 radical (unpaired) electrons. The number of aromatic nitrogens is 7. The first-order valence-corrected chi connectivity index (χ1v) is 7.25. The van der Waals surface area contributed by atoms with E-state index >= 15 is 0 Å². The molecule has 0 atom stereocenters. The molecule has 0 bridgehead atoms. The fourth-order valence-corrected chi connectivity index (χ4v) is 2.59. The molecule has 9 nitrogen and oxygen atoms in total. The predicted octanol–water partition coefficient (Wildman–Crippen LogP) is 0.748. The van der Waals surface area contributed by atoms with Crippen LogP contribution < -0.4 is 11.0 Å². The van der Waals surface area contributed by atoms with Gasteiger partial charge in [-0.25, -0.2) is 14.9 Å². The molecular formula is C11H14N8OS. The lowest BCUT2D eigenvalue weighted by Gasteiger charge is -2.06. The third-order valence-corrected chi connectivity index (χ3v) is 3.89. The van der Waals surface area contributed by atoms with Crippen molar-refractivity contribution in [2.24, 2.45) is 7.05 Å². The Bertz CT molecular complexity index is 819. The van der Waals surface area contributed by atoms with Crippen LogP contribution in [0.2, 0.25) is 0 Å². The number of nitrogens with zero attached hydrogens (tertiary/aromatic N) is 5. The van der Waals surface area contributed by atoms with Gasteiger partial charge >= 0.3 is 5.69 Å². The molecule has 0 aliphatic heterocycles. The number of aromatic amines is 2. The van der Waals surface area contributed by atoms with E-state index in [4.69, 9.17) is 0 Å². The SMILES string of the molecule is CCCNc1nc(Sc2n[nH]c(=O)n2C)c2cn[nH]c2n1. The molecule has 0 spiro atoms. The van der Waals surface area contributed by atoms with Crippen LogP contribution in [0.4, 0.5) is 5.95 Å². The summed E-state index contributed by atoms with van der Waals surface area (Å²) in [6.07, 6.45) is 2.63. The van der Waals surface area contributed by atoms with E-state index in [2.05, 4.69) is 42.6 Å². The number of hydrogen-bond acceptors (Lipinski definition) is 7. The zero-order valence-corrected chi connectivity index (χ0v) is 12.4. The van der Waals surface area contributed by atoms with Crippen LogP contribution in [0.1, 0.15) is 13.3 Å². The summed E-state index contributed by atoms with van der Waals surface area (Å²) >= 11 is 1.29. The summed E-state index contributed by atoms with van der Waals surface area (Å²) in [5.74, 6) is 0.525. The molecule has 0 aliphatic rings. The van der Waals surface area contributed by atoms with Gasteiger partial charge in [-0.3, -0.25) is 9.67 Å². The number of rotatable bonds is 5. The molecule has 110 valence electrons. The first kappa shape index (κ1) is 13.6. The topological polar surface area (TPSA) is 117 Å². The van der Waals surface area contributed by atoms with Crippen molar-refractivity contribution >= 4 is 28.7 Å². The lowest BCUT2D eigenvalue weighted by molar-refractivity contribution is 0.765. The third kappa shape index (κ3) is 2.61. The van der Waals surface area contributed by atoms with Crippen molar-refractivity contribution in [3.63, 3.8) is 0 Å². The maximum Gasteiger partial charge on any atom is 0.343 e. The van der Waals surface area contributed by atoms with Gasteiger partial charge in [-0.05, 0) is 18.2 Å². The summed E-state index contributed by atoms with van der Waals surface area (Å²) in [7, 11) is 1.65. The summed E-state index contributed by atoms with van der Waals surface area (Å²) in [6, 6.07) is 0. The maximum absolute atomic E-state index is 11.4. The highest BCUT2D eigenvalue weighted by Crippen LogP contribution is 2.29. The van der Waals surface area contributed by atoms with E-state index in [9.17, 15) is 4.79 Å². The van der Waals surface area contributed by atoms with E-state index in [1.807, 2.05) is 0 Å². The first-order valence-electron chi connectivity index (χ1n) is 6.43. The number of fused-ring (bicyclic) bond motifs is 1. The quantitative estimate of drug-likeness (QED) is 0.595. The Kier molecular flexibility index (Phi) is 3.60. The Morgan fingerprint density at radius 1 is 1.38 bits per heavy atom. The van der Waals surface area contributed by atoms with Crippen LogP contribution in [0, 0.1) is 0 Å². The molecule has 0 fully saturated rings. The standard InChI is InChI=1S/C11H14N8OS/c1-3-4-12-9-14-7-6(5-13-16-7)8(15-9)21-11-18-17-10(20)19(11)2/h5H,3-4H2,1-2H3,(H,17,20)(H2,12,13,14,15,16). The van der Waals surface area contributed by atoms with Crippen LogP contribution in [0.3, 0.4) is 0 Å². The summed E-state index contributed by atoms with van der Waals surface area (Å²) in [5.41, 5.74) is 0.381. The second-order valence-electron chi connectivity index (χ2n) is 4.38. The van der Waals surface area contributed by atoms with Crippen LogP contribution in [-0.2, 0) is 7.05 Å². The largest absolute Gasteiger partial charge is 0.354 e. The van der Waals surface area contributed by atoms with E-state index in [1.165, 1.54) is 16.3 Å². The molecule has 10 heteroatoms. The lowest BCUT2D eigenvalue weighted by Crippen LogP contribution is -2.13. The second-order valence-corrected chi connectivity index (χ2v) is 5.34. The molecule has 21 heavy (non-hydrogen) atoms. The van der Waals surface area contributed by atoms with Crippen molar-refractivity contribution in [1.82, 2.24) is 34.9 Å². The van der Waals surface area contributed by atoms with E-state index in [0.717, 1.165) is 18.4 Å². The monoisotopic (exact) mass is 306 g/mol. The third-order valence-electron chi connectivity index (χ3n) is 2.83. The number of hydrogen-bond donors (Lipinski definition) is 3. The highest BCUT2D eigenvalue weighted by Gasteiger charge is 2.14. The molecule has 0 aromatic carbocycles. The smallest absolute Gasteiger partial charge is 0.343 e. The van der Waals surface area contributed by atoms with Crippen molar-refractivity contribution in [1.29, 1.82) is 0 Å². The zero-order valence-electron chi connectivity index (χ0n) is 11.5. The van der Waals surface area contributed by atoms with Crippen LogP contribution in [0.15, 0.2) is 21.2 Å². The van der Waals surface area contributed by atoms with Crippen LogP contribution in [-0.4, -0.2) is 41.5 Å². The molecule has 0 saturated carbocycles. The zero-order chi connectivity index (χ0) is 14.8. The number of anilines is 1.